The number of hydrogen-bond donors (Lipinski definition) is 2. The molecule has 116 valence electrons. The first-order valence-corrected chi connectivity index (χ1v) is 8.05. The van der Waals surface area contributed by atoms with Crippen LogP contribution < -0.4 is 5.32 Å². The van der Waals surface area contributed by atoms with Gasteiger partial charge in [0.1, 0.15) is 0 Å². The summed E-state index contributed by atoms with van der Waals surface area (Å²) in [5.41, 5.74) is 1.24. The fraction of sp³-hybridized carbons (Fsp3) is 0.412. The van der Waals surface area contributed by atoms with Crippen molar-refractivity contribution in [2.45, 2.75) is 44.2 Å². The molecule has 1 unspecified atom stereocenters. The van der Waals surface area contributed by atoms with E-state index in [-0.39, 0.29) is 11.9 Å². The van der Waals surface area contributed by atoms with Crippen molar-refractivity contribution in [2.75, 3.05) is 0 Å². The maximum atomic E-state index is 12.3. The Morgan fingerprint density at radius 1 is 1.27 bits per heavy atom. The average Bonchev–Trinajstić information content (AvgIpc) is 2.54. The molecule has 0 aliphatic heterocycles. The number of hydrogen-bond acceptors (Lipinski definition) is 3. The summed E-state index contributed by atoms with van der Waals surface area (Å²) in [5.74, 6) is -0.339. The number of pyridine rings is 1. The summed E-state index contributed by atoms with van der Waals surface area (Å²) < 4.78 is 0. The lowest BCUT2D eigenvalue weighted by Gasteiger charge is -2.24. The van der Waals surface area contributed by atoms with Gasteiger partial charge in [0.05, 0.1) is 5.52 Å². The summed E-state index contributed by atoms with van der Waals surface area (Å²) in [4.78, 5) is 16.5. The number of aromatic nitrogens is 1. The van der Waals surface area contributed by atoms with Crippen LogP contribution in [0.2, 0.25) is 5.02 Å². The van der Waals surface area contributed by atoms with Crippen LogP contribution in [0.5, 0.6) is 0 Å². The molecule has 1 aromatic heterocycles. The summed E-state index contributed by atoms with van der Waals surface area (Å²) in [5, 5.41) is 14.7. The van der Waals surface area contributed by atoms with Crippen LogP contribution in [0.1, 0.15) is 43.8 Å². The van der Waals surface area contributed by atoms with Gasteiger partial charge < -0.3 is 10.4 Å². The van der Waals surface area contributed by atoms with E-state index in [1.165, 1.54) is 6.42 Å². The van der Waals surface area contributed by atoms with E-state index in [2.05, 4.69) is 10.3 Å². The molecular formula is C17H19ClN2O2. The number of aliphatic hydroxyl groups is 1. The molecule has 0 bridgehead atoms. The van der Waals surface area contributed by atoms with Crippen LogP contribution in [0.25, 0.3) is 10.9 Å². The van der Waals surface area contributed by atoms with Crippen molar-refractivity contribution in [3.05, 3.63) is 41.0 Å². The molecule has 2 N–H and O–H groups in total. The van der Waals surface area contributed by atoms with Crippen LogP contribution in [0.15, 0.2) is 30.5 Å². The molecule has 1 heterocycles. The quantitative estimate of drug-likeness (QED) is 0.912. The van der Waals surface area contributed by atoms with E-state index >= 15 is 0 Å². The second-order valence-electron chi connectivity index (χ2n) is 5.81. The standard InChI is InChI=1S/C17H19ClN2O2/c18-11-6-7-13-14(8-9-19-15(13)10-11)16(21)17(22)20-12-4-2-1-3-5-12/h6-10,12,16,21H,1-5H2,(H,20,22). The van der Waals surface area contributed by atoms with Crippen molar-refractivity contribution < 1.29 is 9.90 Å². The van der Waals surface area contributed by atoms with Crippen LogP contribution in [0, 0.1) is 0 Å². The van der Waals surface area contributed by atoms with E-state index in [0.29, 0.717) is 16.1 Å². The van der Waals surface area contributed by atoms with Gasteiger partial charge in [0.25, 0.3) is 5.91 Å². The monoisotopic (exact) mass is 318 g/mol. The van der Waals surface area contributed by atoms with Gasteiger partial charge >= 0.3 is 0 Å². The number of fused-ring (bicyclic) bond motifs is 1. The van der Waals surface area contributed by atoms with E-state index in [9.17, 15) is 9.90 Å². The van der Waals surface area contributed by atoms with Crippen molar-refractivity contribution in [1.29, 1.82) is 0 Å². The molecule has 5 heteroatoms. The Kier molecular flexibility index (Phi) is 4.60. The second-order valence-corrected chi connectivity index (χ2v) is 6.24. The Hall–Kier alpha value is -1.65. The summed E-state index contributed by atoms with van der Waals surface area (Å²) in [6.45, 7) is 0. The summed E-state index contributed by atoms with van der Waals surface area (Å²) in [6.07, 6.45) is 5.88. The number of halogens is 1. The number of benzene rings is 1. The maximum Gasteiger partial charge on any atom is 0.253 e. The fourth-order valence-corrected chi connectivity index (χ4v) is 3.22. The Labute approximate surface area is 134 Å². The van der Waals surface area contributed by atoms with E-state index < -0.39 is 6.10 Å². The highest BCUT2D eigenvalue weighted by molar-refractivity contribution is 6.31. The van der Waals surface area contributed by atoms with E-state index in [0.717, 1.165) is 31.1 Å². The molecule has 1 atom stereocenters. The van der Waals surface area contributed by atoms with E-state index in [1.54, 1.807) is 30.5 Å². The number of carbonyl (C=O) groups is 1. The topological polar surface area (TPSA) is 62.2 Å². The zero-order chi connectivity index (χ0) is 15.5. The van der Waals surface area contributed by atoms with Gasteiger partial charge in [0.2, 0.25) is 0 Å². The normalized spacial score (nSPS) is 17.4. The molecule has 0 radical (unpaired) electrons. The predicted octanol–water partition coefficient (Wildman–Crippen LogP) is 3.37. The van der Waals surface area contributed by atoms with E-state index in [1.807, 2.05) is 0 Å². The number of rotatable bonds is 3. The van der Waals surface area contributed by atoms with Crippen molar-refractivity contribution in [1.82, 2.24) is 10.3 Å². The number of nitrogens with zero attached hydrogens (tertiary/aromatic N) is 1. The van der Waals surface area contributed by atoms with Crippen LogP contribution in [-0.4, -0.2) is 22.0 Å². The molecule has 2 aromatic rings. The fourth-order valence-electron chi connectivity index (χ4n) is 3.05. The Balaban J connectivity index is 1.82. The number of aliphatic hydroxyl groups excluding tert-OH is 1. The maximum absolute atomic E-state index is 12.3. The van der Waals surface area contributed by atoms with Gasteiger partial charge in [0, 0.05) is 28.2 Å². The Bertz CT molecular complexity index is 683. The minimum absolute atomic E-state index is 0.179. The van der Waals surface area contributed by atoms with Gasteiger partial charge in [-0.1, -0.05) is 36.9 Å². The first kappa shape index (κ1) is 15.3. The van der Waals surface area contributed by atoms with Gasteiger partial charge in [-0.05, 0) is 31.0 Å². The van der Waals surface area contributed by atoms with Crippen molar-refractivity contribution in [3.63, 3.8) is 0 Å². The molecule has 0 saturated heterocycles. The van der Waals surface area contributed by atoms with Gasteiger partial charge in [-0.25, -0.2) is 0 Å². The predicted molar refractivity (Wildman–Crippen MR) is 86.7 cm³/mol. The molecule has 1 aliphatic rings. The smallest absolute Gasteiger partial charge is 0.253 e. The highest BCUT2D eigenvalue weighted by Gasteiger charge is 2.23. The third-order valence-corrected chi connectivity index (χ3v) is 4.47. The molecule has 0 spiro atoms. The molecule has 1 aliphatic carbocycles. The zero-order valence-corrected chi connectivity index (χ0v) is 13.0. The lowest BCUT2D eigenvalue weighted by Crippen LogP contribution is -2.39. The second kappa shape index (κ2) is 6.63. The van der Waals surface area contributed by atoms with Crippen LogP contribution in [0.3, 0.4) is 0 Å². The van der Waals surface area contributed by atoms with Gasteiger partial charge in [-0.2, -0.15) is 0 Å². The molecule has 22 heavy (non-hydrogen) atoms. The zero-order valence-electron chi connectivity index (χ0n) is 12.3. The largest absolute Gasteiger partial charge is 0.378 e. The number of amides is 1. The lowest BCUT2D eigenvalue weighted by molar-refractivity contribution is -0.130. The third-order valence-electron chi connectivity index (χ3n) is 4.23. The van der Waals surface area contributed by atoms with Crippen LogP contribution in [-0.2, 0) is 4.79 Å². The molecule has 3 rings (SSSR count). The van der Waals surface area contributed by atoms with Crippen LogP contribution >= 0.6 is 11.6 Å². The third kappa shape index (κ3) is 3.23. The molecule has 1 fully saturated rings. The molecular weight excluding hydrogens is 300 g/mol. The number of nitrogens with one attached hydrogen (secondary N) is 1. The Morgan fingerprint density at radius 3 is 2.82 bits per heavy atom. The molecule has 1 aromatic carbocycles. The minimum atomic E-state index is -1.19. The number of carbonyl (C=O) groups excluding carboxylic acids is 1. The minimum Gasteiger partial charge on any atom is -0.378 e. The lowest BCUT2D eigenvalue weighted by atomic mass is 9.95. The molecule has 4 nitrogen and oxygen atoms in total. The average molecular weight is 319 g/mol. The first-order chi connectivity index (χ1) is 10.6. The molecule has 1 saturated carbocycles. The SMILES string of the molecule is O=C(NC1CCCCC1)C(O)c1ccnc2cc(Cl)ccc12. The van der Waals surface area contributed by atoms with Crippen molar-refractivity contribution >= 4 is 28.4 Å². The summed E-state index contributed by atoms with van der Waals surface area (Å²) in [7, 11) is 0. The Morgan fingerprint density at radius 2 is 2.05 bits per heavy atom. The molecule has 1 amide bonds. The highest BCUT2D eigenvalue weighted by Crippen LogP contribution is 2.26. The van der Waals surface area contributed by atoms with Gasteiger partial charge in [-0.3, -0.25) is 9.78 Å². The van der Waals surface area contributed by atoms with Crippen LogP contribution in [0.4, 0.5) is 0 Å². The van der Waals surface area contributed by atoms with Gasteiger partial charge in [0.15, 0.2) is 6.10 Å². The first-order valence-electron chi connectivity index (χ1n) is 7.68. The van der Waals surface area contributed by atoms with Gasteiger partial charge in [-0.15, -0.1) is 0 Å². The van der Waals surface area contributed by atoms with Crippen molar-refractivity contribution in [2.24, 2.45) is 0 Å². The summed E-state index contributed by atoms with van der Waals surface area (Å²) in [6, 6.07) is 7.12. The van der Waals surface area contributed by atoms with Crippen molar-refractivity contribution in [3.8, 4) is 0 Å². The van der Waals surface area contributed by atoms with E-state index in [4.69, 9.17) is 11.6 Å². The summed E-state index contributed by atoms with van der Waals surface area (Å²) >= 11 is 5.96. The highest BCUT2D eigenvalue weighted by atomic mass is 35.5.